The average molecular weight is 475 g/mol. The Balaban J connectivity index is 1.54. The molecule has 9 heteroatoms. The molecule has 1 aromatic heterocycles. The van der Waals surface area contributed by atoms with Gasteiger partial charge < -0.3 is 9.73 Å². The summed E-state index contributed by atoms with van der Waals surface area (Å²) in [5.74, 6) is -0.0494. The van der Waals surface area contributed by atoms with Gasteiger partial charge in [-0.25, -0.2) is 4.98 Å². The largest absolute Gasteiger partial charge is 0.436 e. The summed E-state index contributed by atoms with van der Waals surface area (Å²) in [6.07, 6.45) is 0.912. The van der Waals surface area contributed by atoms with Gasteiger partial charge >= 0.3 is 0 Å². The molecular formula is C25H22N4O4S. The van der Waals surface area contributed by atoms with Crippen LogP contribution in [-0.4, -0.2) is 20.9 Å². The van der Waals surface area contributed by atoms with Crippen molar-refractivity contribution in [1.82, 2.24) is 10.3 Å². The van der Waals surface area contributed by atoms with Crippen LogP contribution >= 0.6 is 12.2 Å². The molecule has 0 saturated carbocycles. The summed E-state index contributed by atoms with van der Waals surface area (Å²) in [5.41, 5.74) is 5.34. The highest BCUT2D eigenvalue weighted by molar-refractivity contribution is 7.80. The molecule has 1 amide bonds. The summed E-state index contributed by atoms with van der Waals surface area (Å²) >= 11 is 5.32. The van der Waals surface area contributed by atoms with E-state index in [9.17, 15) is 14.9 Å². The zero-order valence-electron chi connectivity index (χ0n) is 18.8. The zero-order chi connectivity index (χ0) is 24.4. The van der Waals surface area contributed by atoms with Gasteiger partial charge in [-0.1, -0.05) is 25.1 Å². The minimum atomic E-state index is -0.529. The number of nitro benzene ring substituents is 1. The van der Waals surface area contributed by atoms with Gasteiger partial charge in [-0.3, -0.25) is 20.2 Å². The Morgan fingerprint density at radius 2 is 1.94 bits per heavy atom. The number of hydrogen-bond acceptors (Lipinski definition) is 6. The van der Waals surface area contributed by atoms with Crippen LogP contribution in [0.3, 0.4) is 0 Å². The van der Waals surface area contributed by atoms with Crippen molar-refractivity contribution in [1.29, 1.82) is 0 Å². The van der Waals surface area contributed by atoms with E-state index in [0.29, 0.717) is 17.2 Å². The number of carbonyl (C=O) groups is 1. The SMILES string of the molecule is CCc1ccc2oc(-c3ccc(C)c(NC(=S)NC(=O)c4cccc([N+](=O)[O-])c4C)c3)nc2c1. The number of rotatable bonds is 5. The fourth-order valence-corrected chi connectivity index (χ4v) is 3.80. The van der Waals surface area contributed by atoms with Crippen molar-refractivity contribution in [3.8, 4) is 11.5 Å². The zero-order valence-corrected chi connectivity index (χ0v) is 19.7. The van der Waals surface area contributed by atoms with Crippen molar-refractivity contribution >= 4 is 45.7 Å². The highest BCUT2D eigenvalue weighted by Gasteiger charge is 2.19. The number of carbonyl (C=O) groups excluding carboxylic acids is 1. The lowest BCUT2D eigenvalue weighted by Gasteiger charge is -2.13. The molecule has 0 unspecified atom stereocenters. The summed E-state index contributed by atoms with van der Waals surface area (Å²) in [6, 6.07) is 15.9. The number of anilines is 1. The number of nitrogens with one attached hydrogen (secondary N) is 2. The second-order valence-corrected chi connectivity index (χ2v) is 8.23. The van der Waals surface area contributed by atoms with E-state index in [2.05, 4.69) is 22.5 Å². The van der Waals surface area contributed by atoms with Crippen molar-refractivity contribution in [3.05, 3.63) is 87.0 Å². The predicted molar refractivity (Wildman–Crippen MR) is 135 cm³/mol. The number of amides is 1. The van der Waals surface area contributed by atoms with E-state index in [1.807, 2.05) is 43.3 Å². The Morgan fingerprint density at radius 1 is 1.15 bits per heavy atom. The number of aromatic nitrogens is 1. The lowest BCUT2D eigenvalue weighted by molar-refractivity contribution is -0.385. The highest BCUT2D eigenvalue weighted by atomic mass is 32.1. The molecule has 0 aliphatic rings. The van der Waals surface area contributed by atoms with Crippen molar-refractivity contribution < 1.29 is 14.1 Å². The molecule has 34 heavy (non-hydrogen) atoms. The molecule has 0 aliphatic carbocycles. The van der Waals surface area contributed by atoms with Gasteiger partial charge in [0.25, 0.3) is 11.6 Å². The van der Waals surface area contributed by atoms with Gasteiger partial charge in [-0.2, -0.15) is 0 Å². The molecule has 1 heterocycles. The number of nitro groups is 1. The Kier molecular flexibility index (Phi) is 6.38. The molecule has 0 radical (unpaired) electrons. The maximum absolute atomic E-state index is 12.7. The number of hydrogen-bond donors (Lipinski definition) is 2. The topological polar surface area (TPSA) is 110 Å². The number of nitrogens with zero attached hydrogens (tertiary/aromatic N) is 2. The van der Waals surface area contributed by atoms with Crippen LogP contribution in [0.15, 0.2) is 59.0 Å². The van der Waals surface area contributed by atoms with E-state index in [1.54, 1.807) is 0 Å². The monoisotopic (exact) mass is 474 g/mol. The average Bonchev–Trinajstić information content (AvgIpc) is 3.23. The number of fused-ring (bicyclic) bond motifs is 1. The van der Waals surface area contributed by atoms with Gasteiger partial charge in [0.1, 0.15) is 5.52 Å². The first-order chi connectivity index (χ1) is 16.3. The van der Waals surface area contributed by atoms with Crippen molar-refractivity contribution in [3.63, 3.8) is 0 Å². The van der Waals surface area contributed by atoms with E-state index in [0.717, 1.165) is 23.1 Å². The van der Waals surface area contributed by atoms with Gasteiger partial charge in [0.05, 0.1) is 4.92 Å². The molecule has 0 bridgehead atoms. The van der Waals surface area contributed by atoms with Crippen molar-refractivity contribution in [2.75, 3.05) is 5.32 Å². The number of thiocarbonyl (C=S) groups is 1. The third-order valence-electron chi connectivity index (χ3n) is 5.57. The second-order valence-electron chi connectivity index (χ2n) is 7.82. The van der Waals surface area contributed by atoms with E-state index in [4.69, 9.17) is 16.6 Å². The summed E-state index contributed by atoms with van der Waals surface area (Å²) in [4.78, 5) is 27.9. The molecule has 4 rings (SSSR count). The van der Waals surface area contributed by atoms with Gasteiger partial charge in [-0.05, 0) is 73.9 Å². The first kappa shape index (κ1) is 23.1. The second kappa shape index (κ2) is 9.40. The quantitative estimate of drug-likeness (QED) is 0.217. The van der Waals surface area contributed by atoms with Gasteiger partial charge in [0.15, 0.2) is 10.7 Å². The van der Waals surface area contributed by atoms with Crippen LogP contribution in [0, 0.1) is 24.0 Å². The highest BCUT2D eigenvalue weighted by Crippen LogP contribution is 2.28. The van der Waals surface area contributed by atoms with E-state index in [-0.39, 0.29) is 21.9 Å². The normalized spacial score (nSPS) is 10.8. The summed E-state index contributed by atoms with van der Waals surface area (Å²) in [5, 5.41) is 16.8. The Morgan fingerprint density at radius 3 is 2.68 bits per heavy atom. The molecule has 0 fully saturated rings. The number of aryl methyl sites for hydroxylation is 2. The first-order valence-electron chi connectivity index (χ1n) is 10.6. The predicted octanol–water partition coefficient (Wildman–Crippen LogP) is 5.71. The van der Waals surface area contributed by atoms with Crippen molar-refractivity contribution in [2.24, 2.45) is 0 Å². The Bertz CT molecular complexity index is 1440. The third kappa shape index (κ3) is 4.65. The number of oxazole rings is 1. The molecular weight excluding hydrogens is 452 g/mol. The van der Waals surface area contributed by atoms with Crippen LogP contribution in [0.1, 0.15) is 34.0 Å². The lowest BCUT2D eigenvalue weighted by atomic mass is 10.1. The van der Waals surface area contributed by atoms with Crippen LogP contribution in [0.25, 0.3) is 22.6 Å². The fourth-order valence-electron chi connectivity index (χ4n) is 3.60. The summed E-state index contributed by atoms with van der Waals surface area (Å²) in [7, 11) is 0. The van der Waals surface area contributed by atoms with Crippen LogP contribution in [-0.2, 0) is 6.42 Å². The molecule has 2 N–H and O–H groups in total. The maximum atomic E-state index is 12.7. The Hall–Kier alpha value is -4.11. The summed E-state index contributed by atoms with van der Waals surface area (Å²) in [6.45, 7) is 5.52. The molecule has 3 aromatic carbocycles. The molecule has 0 aliphatic heterocycles. The van der Waals surface area contributed by atoms with E-state index in [1.165, 1.54) is 30.7 Å². The minimum Gasteiger partial charge on any atom is -0.436 e. The first-order valence-corrected chi connectivity index (χ1v) is 11.0. The van der Waals surface area contributed by atoms with Gasteiger partial charge in [-0.15, -0.1) is 0 Å². The molecule has 0 saturated heterocycles. The third-order valence-corrected chi connectivity index (χ3v) is 5.77. The molecule has 4 aromatic rings. The molecule has 172 valence electrons. The minimum absolute atomic E-state index is 0.0707. The molecule has 8 nitrogen and oxygen atoms in total. The standard InChI is InChI=1S/C25H22N4O4S/c1-4-16-9-11-22-20(12-16)26-24(33-22)17-10-8-14(2)19(13-17)27-25(34)28-23(30)18-6-5-7-21(15(18)3)29(31)32/h5-13H,4H2,1-3H3,(H2,27,28,30,34). The maximum Gasteiger partial charge on any atom is 0.273 e. The number of benzene rings is 3. The lowest BCUT2D eigenvalue weighted by Crippen LogP contribution is -2.34. The van der Waals surface area contributed by atoms with Gasteiger partial charge in [0.2, 0.25) is 5.89 Å². The summed E-state index contributed by atoms with van der Waals surface area (Å²) < 4.78 is 5.92. The van der Waals surface area contributed by atoms with Gasteiger partial charge in [0, 0.05) is 28.4 Å². The smallest absolute Gasteiger partial charge is 0.273 e. The molecule has 0 atom stereocenters. The van der Waals surface area contributed by atoms with Crippen LogP contribution in [0.5, 0.6) is 0 Å². The van der Waals surface area contributed by atoms with E-state index < -0.39 is 10.8 Å². The van der Waals surface area contributed by atoms with Crippen LogP contribution in [0.4, 0.5) is 11.4 Å². The van der Waals surface area contributed by atoms with Crippen LogP contribution < -0.4 is 10.6 Å². The fraction of sp³-hybridized carbons (Fsp3) is 0.160. The molecule has 0 spiro atoms. The van der Waals surface area contributed by atoms with Crippen LogP contribution in [0.2, 0.25) is 0 Å². The van der Waals surface area contributed by atoms with Crippen molar-refractivity contribution in [2.45, 2.75) is 27.2 Å². The van der Waals surface area contributed by atoms with E-state index >= 15 is 0 Å². The Labute approximate surface area is 201 Å².